The molecule has 5 N–H and O–H groups in total. The Bertz CT molecular complexity index is 2010. The van der Waals surface area contributed by atoms with Crippen molar-refractivity contribution in [3.63, 3.8) is 0 Å². The van der Waals surface area contributed by atoms with Crippen molar-refractivity contribution in [2.45, 2.75) is 75.5 Å². The van der Waals surface area contributed by atoms with E-state index in [4.69, 9.17) is 14.2 Å². The van der Waals surface area contributed by atoms with Crippen LogP contribution in [0.25, 0.3) is 0 Å². The van der Waals surface area contributed by atoms with Crippen molar-refractivity contribution in [2.75, 3.05) is 13.7 Å². The molecule has 0 aromatic heterocycles. The quantitative estimate of drug-likeness (QED) is 0.132. The number of fused-ring (bicyclic) bond motifs is 3. The number of phenols is 2. The molecule has 1 fully saturated rings. The lowest BCUT2D eigenvalue weighted by atomic mass is 9.72. The Morgan fingerprint density at radius 1 is 0.887 bits per heavy atom. The number of nitrogens with zero attached hydrogens (tertiary/aromatic N) is 1. The Morgan fingerprint density at radius 2 is 1.51 bits per heavy atom. The monoisotopic (exact) mass is 723 g/mol. The van der Waals surface area contributed by atoms with Crippen molar-refractivity contribution in [1.82, 2.24) is 4.90 Å². The summed E-state index contributed by atoms with van der Waals surface area (Å²) in [5, 5.41) is 56.6. The predicted octanol–water partition coefficient (Wildman–Crippen LogP) is 3.75. The van der Waals surface area contributed by atoms with Gasteiger partial charge in [0.15, 0.2) is 17.9 Å². The van der Waals surface area contributed by atoms with Crippen LogP contribution in [0.3, 0.4) is 0 Å². The topological polar surface area (TPSA) is 183 Å². The van der Waals surface area contributed by atoms with Crippen molar-refractivity contribution >= 4 is 17.3 Å². The number of benzene rings is 4. The number of methoxy groups -OCH3 is 1. The first kappa shape index (κ1) is 36.4. The first-order chi connectivity index (χ1) is 25.4. The largest absolute Gasteiger partial charge is 0.507 e. The number of aromatic hydroxyl groups is 2. The molecule has 3 aliphatic rings. The highest BCUT2D eigenvalue weighted by Crippen LogP contribution is 2.52. The van der Waals surface area contributed by atoms with Crippen molar-refractivity contribution in [1.29, 1.82) is 0 Å². The number of hydrogen-bond acceptors (Lipinski definition) is 12. The molecule has 7 rings (SSSR count). The molecular weight excluding hydrogens is 682 g/mol. The van der Waals surface area contributed by atoms with Crippen LogP contribution in [0, 0.1) is 0 Å². The maximum atomic E-state index is 14.0. The molecule has 2 aliphatic carbocycles. The van der Waals surface area contributed by atoms with E-state index in [1.165, 1.54) is 25.3 Å². The van der Waals surface area contributed by atoms with Crippen molar-refractivity contribution in [3.05, 3.63) is 123 Å². The lowest BCUT2D eigenvalue weighted by Gasteiger charge is -2.45. The second kappa shape index (κ2) is 14.5. The predicted molar refractivity (Wildman–Crippen MR) is 190 cm³/mol. The fraction of sp³-hybridized carbons (Fsp3) is 0.341. The van der Waals surface area contributed by atoms with Gasteiger partial charge < -0.3 is 39.7 Å². The number of carbonyl (C=O) groups excluding carboxylic acids is 3. The maximum Gasteiger partial charge on any atom is 0.202 e. The van der Waals surface area contributed by atoms with Crippen LogP contribution in [0.15, 0.2) is 78.9 Å². The molecule has 276 valence electrons. The van der Waals surface area contributed by atoms with Gasteiger partial charge in [0, 0.05) is 55.1 Å². The first-order valence-corrected chi connectivity index (χ1v) is 17.5. The number of ketones is 3. The van der Waals surface area contributed by atoms with Gasteiger partial charge in [0.25, 0.3) is 0 Å². The number of phenolic OH excluding ortho intramolecular Hbond substituents is 2. The van der Waals surface area contributed by atoms with E-state index in [1.807, 2.05) is 60.7 Å². The van der Waals surface area contributed by atoms with Crippen LogP contribution >= 0.6 is 0 Å². The van der Waals surface area contributed by atoms with Crippen LogP contribution < -0.4 is 4.74 Å². The Kier molecular flexibility index (Phi) is 9.94. The number of rotatable bonds is 10. The van der Waals surface area contributed by atoms with Gasteiger partial charge in [-0.15, -0.1) is 0 Å². The minimum atomic E-state index is -2.28. The van der Waals surface area contributed by atoms with Gasteiger partial charge >= 0.3 is 0 Å². The number of carbonyl (C=O) groups is 3. The minimum absolute atomic E-state index is 0.0495. The van der Waals surface area contributed by atoms with Crippen LogP contribution in [0.5, 0.6) is 17.2 Å². The minimum Gasteiger partial charge on any atom is -0.507 e. The molecule has 6 unspecified atom stereocenters. The summed E-state index contributed by atoms with van der Waals surface area (Å²) in [4.78, 5) is 43.0. The van der Waals surface area contributed by atoms with Gasteiger partial charge in [0.2, 0.25) is 5.78 Å². The third-order valence-corrected chi connectivity index (χ3v) is 10.7. The highest BCUT2D eigenvalue weighted by molar-refractivity contribution is 6.31. The normalized spacial score (nSPS) is 25.1. The zero-order valence-electron chi connectivity index (χ0n) is 29.3. The van der Waals surface area contributed by atoms with E-state index in [9.17, 15) is 39.9 Å². The number of aliphatic hydroxyl groups excluding tert-OH is 2. The summed E-state index contributed by atoms with van der Waals surface area (Å²) in [7, 11) is 1.34. The van der Waals surface area contributed by atoms with E-state index in [0.29, 0.717) is 13.1 Å². The van der Waals surface area contributed by atoms with Gasteiger partial charge in [-0.25, -0.2) is 0 Å². The standard InChI is InChI=1S/C41H41NO11/c1-22-36(45)27(42(19-23-10-5-3-6-11-23)20-24-12-7-4-8-13-24)16-31(52-22)53-29-18-41(50,30(44)21-43)17-26-33(29)40(49)35-34(38(26)47)37(46)25-14-9-15-28(51-2)32(25)39(35)48/h3-15,22,27,29,31,36,43,45,47,49-50H,16-21H2,1-2H3. The first-order valence-electron chi connectivity index (χ1n) is 17.5. The summed E-state index contributed by atoms with van der Waals surface area (Å²) in [6.45, 7) is 1.64. The second-order valence-electron chi connectivity index (χ2n) is 13.9. The van der Waals surface area contributed by atoms with E-state index in [2.05, 4.69) is 4.90 Å². The zero-order valence-corrected chi connectivity index (χ0v) is 29.3. The fourth-order valence-electron chi connectivity index (χ4n) is 7.98. The molecule has 0 amide bonds. The van der Waals surface area contributed by atoms with Gasteiger partial charge in [0.1, 0.15) is 29.5 Å². The summed E-state index contributed by atoms with van der Waals surface area (Å²) in [6.07, 6.45) is -5.09. The molecule has 0 bridgehead atoms. The van der Waals surface area contributed by atoms with Crippen LogP contribution in [0.2, 0.25) is 0 Å². The second-order valence-corrected chi connectivity index (χ2v) is 13.9. The van der Waals surface area contributed by atoms with Crippen LogP contribution in [-0.4, -0.2) is 91.6 Å². The molecule has 12 nitrogen and oxygen atoms in total. The zero-order chi connectivity index (χ0) is 37.6. The SMILES string of the molecule is COc1cccc2c1C(=O)c1c(O)c3c(c(O)c1C2=O)CC(O)(C(=O)CO)CC3OC1CC(N(Cc2ccccc2)Cc2ccccc2)C(O)C(C)O1. The van der Waals surface area contributed by atoms with Crippen LogP contribution in [0.1, 0.15) is 80.0 Å². The van der Waals surface area contributed by atoms with E-state index in [1.54, 1.807) is 6.92 Å². The van der Waals surface area contributed by atoms with Gasteiger partial charge in [-0.2, -0.15) is 0 Å². The summed E-state index contributed by atoms with van der Waals surface area (Å²) < 4.78 is 18.0. The molecule has 53 heavy (non-hydrogen) atoms. The molecule has 1 heterocycles. The van der Waals surface area contributed by atoms with Gasteiger partial charge in [-0.05, 0) is 24.1 Å². The number of Topliss-reactive ketones (excluding diaryl/α,β-unsaturated/α-hetero) is 1. The molecule has 4 aromatic carbocycles. The lowest BCUT2D eigenvalue weighted by Crippen LogP contribution is -2.55. The lowest BCUT2D eigenvalue weighted by molar-refractivity contribution is -0.259. The van der Waals surface area contributed by atoms with Gasteiger partial charge in [-0.3, -0.25) is 19.3 Å². The molecule has 0 spiro atoms. The highest BCUT2D eigenvalue weighted by Gasteiger charge is 2.50. The van der Waals surface area contributed by atoms with Crippen molar-refractivity contribution in [2.24, 2.45) is 0 Å². The van der Waals surface area contributed by atoms with E-state index in [0.717, 1.165) is 11.1 Å². The molecule has 0 saturated carbocycles. The molecule has 4 aromatic rings. The summed E-state index contributed by atoms with van der Waals surface area (Å²) in [6, 6.07) is 23.5. The van der Waals surface area contributed by atoms with Gasteiger partial charge in [-0.1, -0.05) is 72.8 Å². The average molecular weight is 724 g/mol. The smallest absolute Gasteiger partial charge is 0.202 e. The van der Waals surface area contributed by atoms with Gasteiger partial charge in [0.05, 0.1) is 42.1 Å². The van der Waals surface area contributed by atoms with Crippen LogP contribution in [0.4, 0.5) is 0 Å². The molecular formula is C41H41NO11. The van der Waals surface area contributed by atoms with Crippen molar-refractivity contribution < 1.29 is 54.1 Å². The Balaban J connectivity index is 1.29. The van der Waals surface area contributed by atoms with E-state index >= 15 is 0 Å². The summed E-state index contributed by atoms with van der Waals surface area (Å²) in [5.74, 6) is -3.74. The third kappa shape index (κ3) is 6.52. The number of ether oxygens (including phenoxy) is 3. The molecule has 1 saturated heterocycles. The molecule has 0 radical (unpaired) electrons. The Labute approximate surface area is 305 Å². The molecule has 12 heteroatoms. The Hall–Kier alpha value is -4.95. The summed E-state index contributed by atoms with van der Waals surface area (Å²) in [5.41, 5.74) is -1.59. The number of aliphatic hydroxyl groups is 3. The fourth-order valence-corrected chi connectivity index (χ4v) is 7.98. The maximum absolute atomic E-state index is 14.0. The number of hydrogen-bond donors (Lipinski definition) is 5. The summed E-state index contributed by atoms with van der Waals surface area (Å²) >= 11 is 0. The van der Waals surface area contributed by atoms with Crippen molar-refractivity contribution in [3.8, 4) is 17.2 Å². The highest BCUT2D eigenvalue weighted by atomic mass is 16.7. The Morgan fingerprint density at radius 3 is 2.11 bits per heavy atom. The van der Waals surface area contributed by atoms with Crippen LogP contribution in [-0.2, 0) is 33.8 Å². The van der Waals surface area contributed by atoms with E-state index in [-0.39, 0.29) is 34.4 Å². The third-order valence-electron chi connectivity index (χ3n) is 10.7. The average Bonchev–Trinajstić information content (AvgIpc) is 3.16. The molecule has 1 aliphatic heterocycles. The molecule has 6 atom stereocenters. The van der Waals surface area contributed by atoms with E-state index < -0.39 is 95.7 Å².